The zero-order valence-electron chi connectivity index (χ0n) is 14.3. The fourth-order valence-electron chi connectivity index (χ4n) is 3.17. The standard InChI is InChI=1S/C17H30N4/c1-12(2)18-8-15-7-13(3)17(19-9-15)21-10-14(4)16(11-21)20(5)6/h7,9,12,14,16,18H,8,10-11H2,1-6H3. The van der Waals surface area contributed by atoms with Crippen LogP contribution in [-0.2, 0) is 6.54 Å². The number of hydrogen-bond donors (Lipinski definition) is 1. The van der Waals surface area contributed by atoms with Gasteiger partial charge >= 0.3 is 0 Å². The molecular weight excluding hydrogens is 260 g/mol. The highest BCUT2D eigenvalue weighted by molar-refractivity contribution is 5.48. The van der Waals surface area contributed by atoms with Crippen molar-refractivity contribution in [1.82, 2.24) is 15.2 Å². The van der Waals surface area contributed by atoms with Crippen LogP contribution in [0, 0.1) is 12.8 Å². The van der Waals surface area contributed by atoms with E-state index in [4.69, 9.17) is 4.98 Å². The maximum Gasteiger partial charge on any atom is 0.131 e. The molecule has 0 saturated carbocycles. The third kappa shape index (κ3) is 3.95. The number of nitrogens with zero attached hydrogens (tertiary/aromatic N) is 3. The van der Waals surface area contributed by atoms with Crippen LogP contribution in [0.3, 0.4) is 0 Å². The molecule has 0 radical (unpaired) electrons. The van der Waals surface area contributed by atoms with Gasteiger partial charge in [0, 0.05) is 37.9 Å². The first-order valence-corrected chi connectivity index (χ1v) is 7.98. The smallest absolute Gasteiger partial charge is 0.131 e. The summed E-state index contributed by atoms with van der Waals surface area (Å²) in [6, 6.07) is 3.39. The van der Waals surface area contributed by atoms with Crippen molar-refractivity contribution in [3.63, 3.8) is 0 Å². The molecule has 2 unspecified atom stereocenters. The van der Waals surface area contributed by atoms with E-state index in [9.17, 15) is 0 Å². The number of hydrogen-bond acceptors (Lipinski definition) is 4. The Morgan fingerprint density at radius 2 is 2.10 bits per heavy atom. The lowest BCUT2D eigenvalue weighted by Crippen LogP contribution is -2.34. The predicted octanol–water partition coefficient (Wildman–Crippen LogP) is 2.27. The fourth-order valence-corrected chi connectivity index (χ4v) is 3.17. The Hall–Kier alpha value is -1.13. The lowest BCUT2D eigenvalue weighted by molar-refractivity contribution is 0.266. The van der Waals surface area contributed by atoms with Gasteiger partial charge in [0.25, 0.3) is 0 Å². The number of aryl methyl sites for hydroxylation is 1. The highest BCUT2D eigenvalue weighted by Crippen LogP contribution is 2.27. The molecule has 1 N–H and O–H groups in total. The summed E-state index contributed by atoms with van der Waals surface area (Å²) in [6.07, 6.45) is 2.02. The van der Waals surface area contributed by atoms with Gasteiger partial charge in [0.1, 0.15) is 5.82 Å². The summed E-state index contributed by atoms with van der Waals surface area (Å²) >= 11 is 0. The summed E-state index contributed by atoms with van der Waals surface area (Å²) < 4.78 is 0. The third-order valence-electron chi connectivity index (χ3n) is 4.36. The van der Waals surface area contributed by atoms with Crippen molar-refractivity contribution in [2.75, 3.05) is 32.1 Å². The summed E-state index contributed by atoms with van der Waals surface area (Å²) in [4.78, 5) is 9.50. The lowest BCUT2D eigenvalue weighted by atomic mass is 10.1. The minimum Gasteiger partial charge on any atom is -0.354 e. The highest BCUT2D eigenvalue weighted by atomic mass is 15.3. The van der Waals surface area contributed by atoms with E-state index < -0.39 is 0 Å². The first-order valence-electron chi connectivity index (χ1n) is 7.98. The normalized spacial score (nSPS) is 22.6. The van der Waals surface area contributed by atoms with Gasteiger partial charge in [-0.2, -0.15) is 0 Å². The molecule has 21 heavy (non-hydrogen) atoms. The number of nitrogens with one attached hydrogen (secondary N) is 1. The van der Waals surface area contributed by atoms with Crippen LogP contribution in [0.4, 0.5) is 5.82 Å². The van der Waals surface area contributed by atoms with Crippen molar-refractivity contribution in [3.8, 4) is 0 Å². The zero-order valence-corrected chi connectivity index (χ0v) is 14.3. The molecule has 1 aliphatic rings. The summed E-state index contributed by atoms with van der Waals surface area (Å²) in [6.45, 7) is 11.9. The molecule has 1 aromatic heterocycles. The SMILES string of the molecule is Cc1cc(CNC(C)C)cnc1N1CC(C)C(N(C)C)C1. The van der Waals surface area contributed by atoms with E-state index in [1.165, 1.54) is 11.1 Å². The van der Waals surface area contributed by atoms with Crippen LogP contribution in [0.2, 0.25) is 0 Å². The van der Waals surface area contributed by atoms with Crippen molar-refractivity contribution >= 4 is 5.82 Å². The Kier molecular flexibility index (Phi) is 5.22. The van der Waals surface area contributed by atoms with Gasteiger partial charge < -0.3 is 15.1 Å². The lowest BCUT2D eigenvalue weighted by Gasteiger charge is -2.23. The van der Waals surface area contributed by atoms with E-state index >= 15 is 0 Å². The molecule has 2 heterocycles. The minimum absolute atomic E-state index is 0.505. The molecule has 4 heteroatoms. The van der Waals surface area contributed by atoms with Gasteiger partial charge in [-0.25, -0.2) is 4.98 Å². The van der Waals surface area contributed by atoms with Crippen LogP contribution in [0.25, 0.3) is 0 Å². The first kappa shape index (κ1) is 16.2. The minimum atomic E-state index is 0.505. The molecule has 1 fully saturated rings. The molecule has 0 spiro atoms. The summed E-state index contributed by atoms with van der Waals surface area (Å²) in [5.41, 5.74) is 2.55. The van der Waals surface area contributed by atoms with Crippen molar-refractivity contribution in [1.29, 1.82) is 0 Å². The van der Waals surface area contributed by atoms with E-state index in [1.807, 2.05) is 6.20 Å². The average molecular weight is 290 g/mol. The zero-order chi connectivity index (χ0) is 15.6. The predicted molar refractivity (Wildman–Crippen MR) is 89.8 cm³/mol. The quantitative estimate of drug-likeness (QED) is 0.901. The fraction of sp³-hybridized carbons (Fsp3) is 0.706. The number of anilines is 1. The second-order valence-electron chi connectivity index (χ2n) is 6.93. The van der Waals surface area contributed by atoms with Gasteiger partial charge in [-0.15, -0.1) is 0 Å². The van der Waals surface area contributed by atoms with Gasteiger partial charge in [0.2, 0.25) is 0 Å². The maximum atomic E-state index is 4.73. The number of pyridine rings is 1. The van der Waals surface area contributed by atoms with E-state index in [0.717, 1.165) is 25.5 Å². The monoisotopic (exact) mass is 290 g/mol. The second-order valence-corrected chi connectivity index (χ2v) is 6.93. The molecule has 0 amide bonds. The van der Waals surface area contributed by atoms with Gasteiger partial charge in [0.15, 0.2) is 0 Å². The van der Waals surface area contributed by atoms with Crippen LogP contribution in [0.1, 0.15) is 31.9 Å². The summed E-state index contributed by atoms with van der Waals surface area (Å²) in [5.74, 6) is 1.84. The Labute approximate surface area is 129 Å². The van der Waals surface area contributed by atoms with Gasteiger partial charge in [-0.05, 0) is 44.1 Å². The topological polar surface area (TPSA) is 31.4 Å². The molecule has 0 bridgehead atoms. The molecule has 4 nitrogen and oxygen atoms in total. The Bertz CT molecular complexity index is 470. The number of rotatable bonds is 5. The van der Waals surface area contributed by atoms with Crippen LogP contribution in [0.5, 0.6) is 0 Å². The molecule has 1 aliphatic heterocycles. The van der Waals surface area contributed by atoms with Crippen LogP contribution in [0.15, 0.2) is 12.3 Å². The summed E-state index contributed by atoms with van der Waals surface area (Å²) in [7, 11) is 4.34. The van der Waals surface area contributed by atoms with Crippen molar-refractivity contribution in [2.24, 2.45) is 5.92 Å². The third-order valence-corrected chi connectivity index (χ3v) is 4.36. The molecule has 0 aliphatic carbocycles. The van der Waals surface area contributed by atoms with Crippen molar-refractivity contribution < 1.29 is 0 Å². The molecule has 2 atom stereocenters. The van der Waals surface area contributed by atoms with Crippen molar-refractivity contribution in [2.45, 2.75) is 46.3 Å². The first-order chi connectivity index (χ1) is 9.88. The second kappa shape index (κ2) is 6.75. The van der Waals surface area contributed by atoms with E-state index in [2.05, 4.69) is 63.0 Å². The average Bonchev–Trinajstić information content (AvgIpc) is 2.78. The van der Waals surface area contributed by atoms with E-state index in [1.54, 1.807) is 0 Å². The van der Waals surface area contributed by atoms with Gasteiger partial charge in [0.05, 0.1) is 0 Å². The summed E-state index contributed by atoms with van der Waals surface area (Å²) in [5, 5.41) is 3.45. The Morgan fingerprint density at radius 3 is 2.62 bits per heavy atom. The Morgan fingerprint density at radius 1 is 1.38 bits per heavy atom. The van der Waals surface area contributed by atoms with Crippen molar-refractivity contribution in [3.05, 3.63) is 23.4 Å². The number of likely N-dealkylation sites (N-methyl/N-ethyl adjacent to an activating group) is 1. The highest BCUT2D eigenvalue weighted by Gasteiger charge is 2.32. The number of aromatic nitrogens is 1. The van der Waals surface area contributed by atoms with E-state index in [0.29, 0.717) is 18.0 Å². The van der Waals surface area contributed by atoms with Crippen LogP contribution >= 0.6 is 0 Å². The molecule has 0 aromatic carbocycles. The molecule has 118 valence electrons. The van der Waals surface area contributed by atoms with E-state index in [-0.39, 0.29) is 0 Å². The molecule has 1 saturated heterocycles. The molecule has 1 aromatic rings. The van der Waals surface area contributed by atoms with Gasteiger partial charge in [-0.1, -0.05) is 20.8 Å². The van der Waals surface area contributed by atoms with Crippen LogP contribution in [-0.4, -0.2) is 49.2 Å². The molecule has 2 rings (SSSR count). The Balaban J connectivity index is 2.08. The van der Waals surface area contributed by atoms with Gasteiger partial charge in [-0.3, -0.25) is 0 Å². The largest absolute Gasteiger partial charge is 0.354 e. The molecular formula is C17H30N4. The maximum absolute atomic E-state index is 4.73. The van der Waals surface area contributed by atoms with Crippen LogP contribution < -0.4 is 10.2 Å².